The van der Waals surface area contributed by atoms with Gasteiger partial charge in [0.05, 0.1) is 0 Å². The molecule has 0 aliphatic heterocycles. The van der Waals surface area contributed by atoms with Gasteiger partial charge >= 0.3 is 11.9 Å². The molecule has 0 aromatic carbocycles. The molecule has 0 amide bonds. The molecule has 0 aromatic heterocycles. The summed E-state index contributed by atoms with van der Waals surface area (Å²) in [4.78, 5) is 23.2. The van der Waals surface area contributed by atoms with Gasteiger partial charge < -0.3 is 9.47 Å². The lowest BCUT2D eigenvalue weighted by Gasteiger charge is -2.58. The third-order valence-corrected chi connectivity index (χ3v) is 8.97. The van der Waals surface area contributed by atoms with Crippen LogP contribution in [0.4, 0.5) is 0 Å². The molecule has 4 aliphatic carbocycles. The molecule has 4 nitrogen and oxygen atoms in total. The van der Waals surface area contributed by atoms with E-state index in [0.717, 1.165) is 38.5 Å². The van der Waals surface area contributed by atoms with Gasteiger partial charge in [-0.15, -0.1) is 0 Å². The highest BCUT2D eigenvalue weighted by atomic mass is 16.6. The van der Waals surface area contributed by atoms with E-state index in [-0.39, 0.29) is 34.5 Å². The molecule has 0 aromatic rings. The molecule has 0 N–H and O–H groups in total. The monoisotopic (exact) mass is 388 g/mol. The van der Waals surface area contributed by atoms with E-state index in [1.807, 2.05) is 0 Å². The van der Waals surface area contributed by atoms with Gasteiger partial charge in [-0.25, -0.2) is 0 Å². The van der Waals surface area contributed by atoms with Gasteiger partial charge in [0.15, 0.2) is 0 Å². The number of fused-ring (bicyclic) bond motifs is 5. The molecule has 156 valence electrons. The molecule has 3 saturated carbocycles. The first kappa shape index (κ1) is 20.0. The summed E-state index contributed by atoms with van der Waals surface area (Å²) < 4.78 is 11.5. The fourth-order valence-electron chi connectivity index (χ4n) is 7.57. The molecule has 0 unspecified atom stereocenters. The largest absolute Gasteiger partial charge is 0.462 e. The minimum Gasteiger partial charge on any atom is -0.462 e. The van der Waals surface area contributed by atoms with Crippen molar-refractivity contribution in [1.29, 1.82) is 0 Å². The number of ether oxygens (including phenoxy) is 2. The summed E-state index contributed by atoms with van der Waals surface area (Å²) in [5, 5.41) is 0. The molecule has 0 heterocycles. The first-order valence-electron chi connectivity index (χ1n) is 11.1. The lowest BCUT2D eigenvalue weighted by atomic mass is 9.47. The molecule has 7 atom stereocenters. The highest BCUT2D eigenvalue weighted by Gasteiger charge is 2.60. The normalized spacial score (nSPS) is 47.2. The van der Waals surface area contributed by atoms with Crippen molar-refractivity contribution in [2.24, 2.45) is 28.6 Å². The van der Waals surface area contributed by atoms with Gasteiger partial charge in [0.1, 0.15) is 11.7 Å². The Bertz CT molecular complexity index is 711. The number of carbonyl (C=O) groups excluding carboxylic acids is 2. The van der Waals surface area contributed by atoms with Crippen molar-refractivity contribution in [3.05, 3.63) is 11.6 Å². The lowest BCUT2D eigenvalue weighted by molar-refractivity contribution is -0.161. The number of hydrogen-bond donors (Lipinski definition) is 0. The first-order chi connectivity index (χ1) is 13.1. The van der Waals surface area contributed by atoms with E-state index in [1.54, 1.807) is 6.92 Å². The summed E-state index contributed by atoms with van der Waals surface area (Å²) in [6.45, 7) is 9.99. The molecule has 0 saturated heterocycles. The third-order valence-electron chi connectivity index (χ3n) is 8.97. The molecule has 28 heavy (non-hydrogen) atoms. The predicted octanol–water partition coefficient (Wildman–Crippen LogP) is 5.20. The van der Waals surface area contributed by atoms with Crippen molar-refractivity contribution in [3.63, 3.8) is 0 Å². The zero-order valence-electron chi connectivity index (χ0n) is 18.2. The van der Waals surface area contributed by atoms with Gasteiger partial charge in [-0.05, 0) is 75.0 Å². The first-order valence-corrected chi connectivity index (χ1v) is 11.1. The van der Waals surface area contributed by atoms with Crippen molar-refractivity contribution in [3.8, 4) is 0 Å². The minimum atomic E-state index is -0.346. The fraction of sp³-hybridized carbons (Fsp3) is 0.833. The molecular formula is C24H36O4. The second-order valence-electron chi connectivity index (χ2n) is 10.7. The number of allylic oxidation sites excluding steroid dienone is 1. The average molecular weight is 389 g/mol. The summed E-state index contributed by atoms with van der Waals surface area (Å²) in [5.41, 5.74) is 1.53. The van der Waals surface area contributed by atoms with Crippen LogP contribution >= 0.6 is 0 Å². The Morgan fingerprint density at radius 2 is 1.71 bits per heavy atom. The van der Waals surface area contributed by atoms with Crippen LogP contribution in [-0.4, -0.2) is 23.6 Å². The summed E-state index contributed by atoms with van der Waals surface area (Å²) in [6, 6.07) is 0. The van der Waals surface area contributed by atoms with Crippen LogP contribution in [0.2, 0.25) is 0 Å². The van der Waals surface area contributed by atoms with Crippen LogP contribution in [0.5, 0.6) is 0 Å². The van der Waals surface area contributed by atoms with Crippen LogP contribution in [0.3, 0.4) is 0 Å². The molecule has 4 aliphatic rings. The van der Waals surface area contributed by atoms with Crippen molar-refractivity contribution < 1.29 is 19.1 Å². The zero-order chi connectivity index (χ0) is 20.3. The Hall–Kier alpha value is -1.32. The Morgan fingerprint density at radius 1 is 0.964 bits per heavy atom. The van der Waals surface area contributed by atoms with Crippen LogP contribution in [0.15, 0.2) is 11.6 Å². The summed E-state index contributed by atoms with van der Waals surface area (Å²) in [5.74, 6) is 1.72. The summed E-state index contributed by atoms with van der Waals surface area (Å²) in [6.07, 6.45) is 11.2. The SMILES string of the molecule is CC(=O)O[C@H]1CC[C@H]2[C@H]3CC=C4C[C@@](C)(OC(C)=O)CC[C@]4(C)[C@@H]3CC[C@]12C. The van der Waals surface area contributed by atoms with Crippen LogP contribution in [0.25, 0.3) is 0 Å². The van der Waals surface area contributed by atoms with Crippen molar-refractivity contribution >= 4 is 11.9 Å². The lowest BCUT2D eigenvalue weighted by Crippen LogP contribution is -2.53. The zero-order valence-corrected chi connectivity index (χ0v) is 18.2. The maximum Gasteiger partial charge on any atom is 0.303 e. The second kappa shape index (κ2) is 6.60. The Morgan fingerprint density at radius 3 is 2.39 bits per heavy atom. The van der Waals surface area contributed by atoms with Gasteiger partial charge in [0, 0.05) is 25.7 Å². The fourth-order valence-corrected chi connectivity index (χ4v) is 7.57. The van der Waals surface area contributed by atoms with Crippen molar-refractivity contribution in [1.82, 2.24) is 0 Å². The van der Waals surface area contributed by atoms with E-state index in [4.69, 9.17) is 9.47 Å². The summed E-state index contributed by atoms with van der Waals surface area (Å²) >= 11 is 0. The third kappa shape index (κ3) is 3.02. The molecule has 0 spiro atoms. The van der Waals surface area contributed by atoms with Gasteiger partial charge in [0.2, 0.25) is 0 Å². The highest BCUT2D eigenvalue weighted by Crippen LogP contribution is 2.66. The van der Waals surface area contributed by atoms with Crippen LogP contribution in [-0.2, 0) is 19.1 Å². The van der Waals surface area contributed by atoms with Gasteiger partial charge in [-0.1, -0.05) is 25.5 Å². The second-order valence-corrected chi connectivity index (χ2v) is 10.7. The van der Waals surface area contributed by atoms with Gasteiger partial charge in [-0.2, -0.15) is 0 Å². The van der Waals surface area contributed by atoms with Crippen LogP contribution in [0, 0.1) is 28.6 Å². The number of rotatable bonds is 2. The highest BCUT2D eigenvalue weighted by molar-refractivity contribution is 5.66. The smallest absolute Gasteiger partial charge is 0.303 e. The van der Waals surface area contributed by atoms with E-state index in [9.17, 15) is 9.59 Å². The molecular weight excluding hydrogens is 352 g/mol. The van der Waals surface area contributed by atoms with Gasteiger partial charge in [-0.3, -0.25) is 9.59 Å². The maximum absolute atomic E-state index is 11.6. The van der Waals surface area contributed by atoms with E-state index in [2.05, 4.69) is 26.8 Å². The minimum absolute atomic E-state index is 0.0905. The van der Waals surface area contributed by atoms with Crippen molar-refractivity contribution in [2.75, 3.05) is 0 Å². The number of esters is 2. The standard InChI is InChI=1S/C24H36O4/c1-15(25)27-21-9-8-19-18-7-6-17-14-22(3,28-16(2)26)12-13-23(17,4)20(18)10-11-24(19,21)5/h6,18-21H,7-14H2,1-5H3/t18-,19+,20-,21+,22+,23+,24+/m1/s1. The Labute approximate surface area is 169 Å². The van der Waals surface area contributed by atoms with Crippen LogP contribution < -0.4 is 0 Å². The van der Waals surface area contributed by atoms with Gasteiger partial charge in [0.25, 0.3) is 0 Å². The maximum atomic E-state index is 11.6. The molecule has 3 fully saturated rings. The van der Waals surface area contributed by atoms with Crippen LogP contribution in [0.1, 0.15) is 86.0 Å². The molecule has 0 radical (unpaired) electrons. The average Bonchev–Trinajstić information content (AvgIpc) is 2.91. The molecule has 4 heteroatoms. The Balaban J connectivity index is 1.58. The molecule has 0 bridgehead atoms. The Kier molecular flexibility index (Phi) is 4.71. The van der Waals surface area contributed by atoms with Crippen molar-refractivity contribution in [2.45, 2.75) is 97.7 Å². The number of hydrogen-bond acceptors (Lipinski definition) is 4. The predicted molar refractivity (Wildman–Crippen MR) is 107 cm³/mol. The van der Waals surface area contributed by atoms with E-state index in [0.29, 0.717) is 17.8 Å². The van der Waals surface area contributed by atoms with E-state index < -0.39 is 0 Å². The van der Waals surface area contributed by atoms with E-state index >= 15 is 0 Å². The van der Waals surface area contributed by atoms with E-state index in [1.165, 1.54) is 25.3 Å². The number of carbonyl (C=O) groups is 2. The molecule has 4 rings (SSSR count). The topological polar surface area (TPSA) is 52.6 Å². The quantitative estimate of drug-likeness (QED) is 0.482. The summed E-state index contributed by atoms with van der Waals surface area (Å²) in [7, 11) is 0.